The van der Waals surface area contributed by atoms with Crippen LogP contribution >= 0.6 is 70.2 Å². The van der Waals surface area contributed by atoms with Gasteiger partial charge in [0.15, 0.2) is 5.54 Å². The van der Waals surface area contributed by atoms with Gasteiger partial charge in [-0.1, -0.05) is 75.3 Å². The molecule has 0 aliphatic carbocycles. The zero-order chi connectivity index (χ0) is 19.7. The van der Waals surface area contributed by atoms with E-state index in [0.717, 1.165) is 28.1 Å². The molecule has 0 saturated carbocycles. The van der Waals surface area contributed by atoms with Crippen molar-refractivity contribution in [3.63, 3.8) is 0 Å². The number of rotatable bonds is 1. The minimum absolute atomic E-state index is 0.164. The predicted octanol–water partition coefficient (Wildman–Crippen LogP) is 6.57. The highest BCUT2D eigenvalue weighted by Gasteiger charge is 2.60. The predicted molar refractivity (Wildman–Crippen MR) is 118 cm³/mol. The lowest BCUT2D eigenvalue weighted by Crippen LogP contribution is -2.53. The van der Waals surface area contributed by atoms with Crippen LogP contribution in [0.5, 0.6) is 0 Å². The summed E-state index contributed by atoms with van der Waals surface area (Å²) in [5.74, 6) is 0.164. The van der Waals surface area contributed by atoms with Crippen molar-refractivity contribution in [2.45, 2.75) is 48.6 Å². The van der Waals surface area contributed by atoms with E-state index < -0.39 is 11.1 Å². The molecule has 0 bridgehead atoms. The summed E-state index contributed by atoms with van der Waals surface area (Å²) in [6.07, 6.45) is 0. The molecule has 4 rings (SSSR count). The van der Waals surface area contributed by atoms with Crippen molar-refractivity contribution < 1.29 is 9.95 Å². The van der Waals surface area contributed by atoms with E-state index in [1.54, 1.807) is 51.2 Å². The Kier molecular flexibility index (Phi) is 5.03. The van der Waals surface area contributed by atoms with Crippen molar-refractivity contribution in [3.8, 4) is 0 Å². The number of thioether (sulfide) groups is 4. The van der Waals surface area contributed by atoms with E-state index in [1.807, 2.05) is 18.2 Å². The van der Waals surface area contributed by atoms with E-state index in [0.29, 0.717) is 14.3 Å². The second kappa shape index (κ2) is 6.72. The fourth-order valence-corrected chi connectivity index (χ4v) is 8.52. The molecule has 143 valence electrons. The number of nitrogens with zero attached hydrogens (tertiary/aromatic N) is 2. The highest BCUT2D eigenvalue weighted by Crippen LogP contribution is 2.62. The molecule has 1 aromatic rings. The van der Waals surface area contributed by atoms with Crippen LogP contribution in [0, 0.1) is 5.21 Å². The van der Waals surface area contributed by atoms with Crippen molar-refractivity contribution in [1.82, 2.24) is 5.06 Å². The fraction of sp³-hybridized carbons (Fsp3) is 0.353. The van der Waals surface area contributed by atoms with E-state index >= 15 is 0 Å². The van der Waals surface area contributed by atoms with Gasteiger partial charge in [-0.05, 0) is 45.9 Å². The topological polar surface area (TPSA) is 49.2 Å². The normalized spacial score (nSPS) is 23.7. The van der Waals surface area contributed by atoms with Crippen molar-refractivity contribution in [2.75, 3.05) is 0 Å². The number of hydrogen-bond acceptors (Lipinski definition) is 6. The van der Waals surface area contributed by atoms with Gasteiger partial charge >= 0.3 is 5.84 Å². The van der Waals surface area contributed by atoms with Crippen molar-refractivity contribution in [1.29, 1.82) is 0 Å². The summed E-state index contributed by atoms with van der Waals surface area (Å²) >= 11 is 18.4. The molecule has 0 N–H and O–H groups in total. The quantitative estimate of drug-likeness (QED) is 0.336. The molecule has 1 radical (unpaired) electrons. The number of hydrogen-bond donors (Lipinski definition) is 0. The lowest BCUT2D eigenvalue weighted by Gasteiger charge is -2.32. The van der Waals surface area contributed by atoms with Crippen LogP contribution in [0.15, 0.2) is 45.2 Å². The van der Waals surface area contributed by atoms with E-state index in [9.17, 15) is 10.4 Å². The van der Waals surface area contributed by atoms with Gasteiger partial charge in [-0.3, -0.25) is 4.74 Å². The molecule has 0 aromatic heterocycles. The minimum atomic E-state index is -0.825. The van der Waals surface area contributed by atoms with Gasteiger partial charge < -0.3 is 5.21 Å². The number of amidine groups is 1. The molecule has 4 nitrogen and oxygen atoms in total. The molecule has 0 amide bonds. The molecule has 3 heterocycles. The minimum Gasteiger partial charge on any atom is -0.714 e. The Morgan fingerprint density at radius 1 is 0.963 bits per heavy atom. The average Bonchev–Trinajstić information content (AvgIpc) is 3.20. The Hall–Kier alpha value is -0.0900. The lowest BCUT2D eigenvalue weighted by molar-refractivity contribution is -0.539. The Labute approximate surface area is 185 Å². The molecule has 0 spiro atoms. The monoisotopic (exact) mass is 477 g/mol. The van der Waals surface area contributed by atoms with Gasteiger partial charge in [0.2, 0.25) is 0 Å². The van der Waals surface area contributed by atoms with Crippen LogP contribution < -0.4 is 0 Å². The zero-order valence-corrected chi connectivity index (χ0v) is 19.6. The maximum absolute atomic E-state index is 12.9. The van der Waals surface area contributed by atoms with Crippen LogP contribution in [0.1, 0.15) is 33.3 Å². The van der Waals surface area contributed by atoms with Gasteiger partial charge in [0, 0.05) is 15.0 Å². The molecular weight excluding hydrogens is 463 g/mol. The van der Waals surface area contributed by atoms with Crippen LogP contribution in [0.4, 0.5) is 0 Å². The number of hydroxylamine groups is 3. The first-order valence-electron chi connectivity index (χ1n) is 8.01. The molecule has 0 unspecified atom stereocenters. The second-order valence-corrected chi connectivity index (χ2v) is 13.1. The Morgan fingerprint density at radius 2 is 1.52 bits per heavy atom. The summed E-state index contributed by atoms with van der Waals surface area (Å²) in [6.45, 7) is 7.20. The van der Waals surface area contributed by atoms with Gasteiger partial charge in [-0.25, -0.2) is 0 Å². The first kappa shape index (κ1) is 20.2. The second-order valence-electron chi connectivity index (χ2n) is 7.22. The number of benzene rings is 1. The summed E-state index contributed by atoms with van der Waals surface area (Å²) < 4.78 is 4.21. The first-order chi connectivity index (χ1) is 12.5. The van der Waals surface area contributed by atoms with Gasteiger partial charge in [-0.15, -0.1) is 0 Å². The smallest absolute Gasteiger partial charge is 0.316 e. The van der Waals surface area contributed by atoms with Crippen molar-refractivity contribution >= 4 is 76.1 Å². The van der Waals surface area contributed by atoms with Gasteiger partial charge in [0.25, 0.3) is 0 Å². The van der Waals surface area contributed by atoms with Crippen LogP contribution in [0.2, 0.25) is 0 Å². The highest BCUT2D eigenvalue weighted by atomic mass is 35.5. The Morgan fingerprint density at radius 3 is 2.07 bits per heavy atom. The molecule has 0 saturated heterocycles. The molecule has 1 aromatic carbocycles. The molecule has 3 aliphatic heterocycles. The van der Waals surface area contributed by atoms with Crippen LogP contribution in [0.3, 0.4) is 0 Å². The van der Waals surface area contributed by atoms with E-state index in [1.165, 1.54) is 23.5 Å². The van der Waals surface area contributed by atoms with E-state index in [2.05, 4.69) is 0 Å². The molecule has 0 fully saturated rings. The molecular formula is C17H15Cl2N2O2S4. The van der Waals surface area contributed by atoms with Crippen molar-refractivity contribution in [2.24, 2.45) is 0 Å². The van der Waals surface area contributed by atoms with Crippen LogP contribution in [0.25, 0.3) is 0 Å². The lowest BCUT2D eigenvalue weighted by atomic mass is 9.84. The maximum atomic E-state index is 12.9. The Bertz CT molecular complexity index is 940. The Balaban J connectivity index is 1.69. The van der Waals surface area contributed by atoms with Crippen LogP contribution in [-0.2, 0) is 5.21 Å². The summed E-state index contributed by atoms with van der Waals surface area (Å²) in [5, 5.41) is 26.6. The summed E-state index contributed by atoms with van der Waals surface area (Å²) in [5.41, 5.74) is -1.01. The SMILES string of the molecule is CC1(C)N([O])C(c2ccc3c(c2)SC(=C2SC(Cl)=C(Cl)S2)S3)=[N+]([O-])C1(C)C. The molecule has 27 heavy (non-hydrogen) atoms. The van der Waals surface area contributed by atoms with Crippen LogP contribution in [-0.4, -0.2) is 26.7 Å². The highest BCUT2D eigenvalue weighted by molar-refractivity contribution is 8.33. The third-order valence-corrected chi connectivity index (χ3v) is 11.6. The third kappa shape index (κ3) is 3.03. The molecule has 0 atom stereocenters. The van der Waals surface area contributed by atoms with E-state index in [-0.39, 0.29) is 5.84 Å². The van der Waals surface area contributed by atoms with Gasteiger partial charge in [0.1, 0.15) is 14.3 Å². The summed E-state index contributed by atoms with van der Waals surface area (Å²) in [6, 6.07) is 5.73. The summed E-state index contributed by atoms with van der Waals surface area (Å²) in [4.78, 5) is 2.12. The van der Waals surface area contributed by atoms with Crippen molar-refractivity contribution in [3.05, 3.63) is 46.2 Å². The summed E-state index contributed by atoms with van der Waals surface area (Å²) in [7, 11) is 0. The molecule has 3 aliphatic rings. The van der Waals surface area contributed by atoms with Gasteiger partial charge in [-0.2, -0.15) is 0 Å². The first-order valence-corrected chi connectivity index (χ1v) is 12.0. The maximum Gasteiger partial charge on any atom is 0.316 e. The number of halogens is 2. The number of fused-ring (bicyclic) bond motifs is 1. The third-order valence-electron chi connectivity index (χ3n) is 5.19. The standard InChI is InChI=1S/C17H15Cl2N2O2S4/c1-16(2)17(3,4)21(23)13(20(16)22)8-5-6-9-10(7-8)25-14(24-9)15-26-11(18)12(19)27-15/h5-7H,1-4H3. The average molecular weight is 478 g/mol. The largest absolute Gasteiger partial charge is 0.714 e. The molecule has 10 heteroatoms. The van der Waals surface area contributed by atoms with Gasteiger partial charge in [0.05, 0.1) is 14.0 Å². The van der Waals surface area contributed by atoms with E-state index in [4.69, 9.17) is 23.2 Å². The fourth-order valence-electron chi connectivity index (χ4n) is 2.81. The zero-order valence-electron chi connectivity index (χ0n) is 14.8.